The lowest BCUT2D eigenvalue weighted by Crippen LogP contribution is -2.10. The molecule has 27 heavy (non-hydrogen) atoms. The van der Waals surface area contributed by atoms with E-state index < -0.39 is 0 Å². The summed E-state index contributed by atoms with van der Waals surface area (Å²) in [5, 5.41) is 0. The molecular weight excluding hydrogens is 338 g/mol. The van der Waals surface area contributed by atoms with Crippen molar-refractivity contribution in [2.75, 3.05) is 7.11 Å². The standard InChI is InChI=1S/C23H21NO3/c1-18(17-26-21-9-5-3-6-10-21)23(27-22-11-7-4-8-12-22)24-19-13-15-20(25-2)16-14-19/h3-17H,1-2H3/b18-17+,24-23+. The van der Waals surface area contributed by atoms with E-state index in [2.05, 4.69) is 4.99 Å². The number of nitrogens with zero attached hydrogens (tertiary/aromatic N) is 1. The van der Waals surface area contributed by atoms with Crippen LogP contribution >= 0.6 is 0 Å². The fourth-order valence-corrected chi connectivity index (χ4v) is 2.27. The van der Waals surface area contributed by atoms with E-state index in [9.17, 15) is 0 Å². The molecule has 0 amide bonds. The van der Waals surface area contributed by atoms with Crippen molar-refractivity contribution in [3.05, 3.63) is 96.8 Å². The smallest absolute Gasteiger partial charge is 0.225 e. The predicted octanol–water partition coefficient (Wildman–Crippen LogP) is 5.79. The first-order chi connectivity index (χ1) is 13.2. The molecule has 4 nitrogen and oxygen atoms in total. The van der Waals surface area contributed by atoms with Crippen LogP contribution in [0.3, 0.4) is 0 Å². The molecule has 0 saturated heterocycles. The second-order valence-corrected chi connectivity index (χ2v) is 5.76. The summed E-state index contributed by atoms with van der Waals surface area (Å²) in [6.45, 7) is 1.90. The minimum Gasteiger partial charge on any atom is -0.497 e. The molecule has 4 heteroatoms. The SMILES string of the molecule is COc1ccc(/N=C(Oc2ccccc2)\C(C)=C\Oc2ccccc2)cc1. The lowest BCUT2D eigenvalue weighted by atomic mass is 10.3. The van der Waals surface area contributed by atoms with E-state index in [4.69, 9.17) is 14.2 Å². The van der Waals surface area contributed by atoms with Crippen LogP contribution < -0.4 is 14.2 Å². The zero-order valence-electron chi connectivity index (χ0n) is 15.3. The Bertz CT molecular complexity index is 901. The van der Waals surface area contributed by atoms with Gasteiger partial charge in [0.25, 0.3) is 0 Å². The monoisotopic (exact) mass is 359 g/mol. The molecule has 3 aromatic rings. The average Bonchev–Trinajstić information content (AvgIpc) is 2.73. The van der Waals surface area contributed by atoms with Gasteiger partial charge in [-0.2, -0.15) is 0 Å². The van der Waals surface area contributed by atoms with Crippen LogP contribution in [-0.4, -0.2) is 13.0 Å². The maximum Gasteiger partial charge on any atom is 0.225 e. The molecule has 0 aromatic heterocycles. The largest absolute Gasteiger partial charge is 0.497 e. The van der Waals surface area contributed by atoms with Crippen molar-refractivity contribution in [2.45, 2.75) is 6.92 Å². The van der Waals surface area contributed by atoms with E-state index in [0.717, 1.165) is 22.8 Å². The fraction of sp³-hybridized carbons (Fsp3) is 0.0870. The highest BCUT2D eigenvalue weighted by Crippen LogP contribution is 2.21. The molecule has 0 aliphatic rings. The third-order valence-corrected chi connectivity index (χ3v) is 3.71. The summed E-state index contributed by atoms with van der Waals surface area (Å²) in [5.41, 5.74) is 1.52. The number of aliphatic imine (C=N–C) groups is 1. The average molecular weight is 359 g/mol. The summed E-state index contributed by atoms with van der Waals surface area (Å²) >= 11 is 0. The van der Waals surface area contributed by atoms with Crippen molar-refractivity contribution in [3.8, 4) is 17.2 Å². The van der Waals surface area contributed by atoms with E-state index in [1.165, 1.54) is 0 Å². The minimum atomic E-state index is 0.460. The summed E-state index contributed by atoms with van der Waals surface area (Å²) in [6, 6.07) is 26.6. The second kappa shape index (κ2) is 9.25. The van der Waals surface area contributed by atoms with Gasteiger partial charge >= 0.3 is 0 Å². The molecule has 0 saturated carbocycles. The minimum absolute atomic E-state index is 0.460. The van der Waals surface area contributed by atoms with Crippen molar-refractivity contribution in [2.24, 2.45) is 4.99 Å². The van der Waals surface area contributed by atoms with Gasteiger partial charge in [0.05, 0.1) is 19.1 Å². The van der Waals surface area contributed by atoms with Gasteiger partial charge in [-0.05, 0) is 55.5 Å². The highest BCUT2D eigenvalue weighted by molar-refractivity contribution is 5.96. The van der Waals surface area contributed by atoms with E-state index in [1.807, 2.05) is 91.9 Å². The van der Waals surface area contributed by atoms with Crippen LogP contribution in [0, 0.1) is 0 Å². The first-order valence-corrected chi connectivity index (χ1v) is 8.59. The molecule has 0 radical (unpaired) electrons. The molecule has 0 atom stereocenters. The zero-order valence-corrected chi connectivity index (χ0v) is 15.3. The van der Waals surface area contributed by atoms with Crippen molar-refractivity contribution in [3.63, 3.8) is 0 Å². The molecule has 3 rings (SSSR count). The molecule has 0 bridgehead atoms. The zero-order chi connectivity index (χ0) is 18.9. The lowest BCUT2D eigenvalue weighted by Gasteiger charge is -2.10. The topological polar surface area (TPSA) is 40.0 Å². The Balaban J connectivity index is 1.87. The Morgan fingerprint density at radius 2 is 1.33 bits per heavy atom. The van der Waals surface area contributed by atoms with Crippen molar-refractivity contribution in [1.82, 2.24) is 0 Å². The van der Waals surface area contributed by atoms with Crippen molar-refractivity contribution in [1.29, 1.82) is 0 Å². The highest BCUT2D eigenvalue weighted by atomic mass is 16.5. The first-order valence-electron chi connectivity index (χ1n) is 8.59. The lowest BCUT2D eigenvalue weighted by molar-refractivity contribution is 0.415. The molecule has 0 aliphatic carbocycles. The third-order valence-electron chi connectivity index (χ3n) is 3.71. The molecular formula is C23H21NO3. The van der Waals surface area contributed by atoms with Gasteiger partial charge in [-0.1, -0.05) is 36.4 Å². The van der Waals surface area contributed by atoms with Gasteiger partial charge in [0.2, 0.25) is 5.90 Å². The molecule has 3 aromatic carbocycles. The Hall–Kier alpha value is -3.53. The van der Waals surface area contributed by atoms with Crippen LogP contribution in [0.1, 0.15) is 6.92 Å². The van der Waals surface area contributed by atoms with Gasteiger partial charge in [0, 0.05) is 5.57 Å². The fourth-order valence-electron chi connectivity index (χ4n) is 2.27. The van der Waals surface area contributed by atoms with Crippen LogP contribution in [0.25, 0.3) is 0 Å². The molecule has 0 spiro atoms. The normalized spacial score (nSPS) is 11.8. The number of methoxy groups -OCH3 is 1. The molecule has 0 N–H and O–H groups in total. The van der Waals surface area contributed by atoms with Gasteiger partial charge in [-0.15, -0.1) is 0 Å². The van der Waals surface area contributed by atoms with Crippen LogP contribution in [0.5, 0.6) is 17.2 Å². The Morgan fingerprint density at radius 3 is 1.93 bits per heavy atom. The molecule has 136 valence electrons. The van der Waals surface area contributed by atoms with Gasteiger partial charge < -0.3 is 14.2 Å². The summed E-state index contributed by atoms with van der Waals surface area (Å²) < 4.78 is 16.9. The summed E-state index contributed by atoms with van der Waals surface area (Å²) in [6.07, 6.45) is 1.64. The first kappa shape index (κ1) is 18.3. The van der Waals surface area contributed by atoms with E-state index in [0.29, 0.717) is 11.6 Å². The number of ether oxygens (including phenoxy) is 3. The summed E-state index contributed by atoms with van der Waals surface area (Å²) in [7, 11) is 1.63. The number of para-hydroxylation sites is 2. The number of hydrogen-bond acceptors (Lipinski definition) is 4. The van der Waals surface area contributed by atoms with E-state index in [1.54, 1.807) is 13.4 Å². The second-order valence-electron chi connectivity index (χ2n) is 5.76. The number of hydrogen-bond donors (Lipinski definition) is 0. The summed E-state index contributed by atoms with van der Waals surface area (Å²) in [4.78, 5) is 4.63. The molecule has 0 unspecified atom stereocenters. The molecule has 0 heterocycles. The summed E-state index contributed by atoms with van der Waals surface area (Å²) in [5.74, 6) is 2.69. The van der Waals surface area contributed by atoms with Gasteiger partial charge in [-0.3, -0.25) is 0 Å². The van der Waals surface area contributed by atoms with Crippen LogP contribution in [0.2, 0.25) is 0 Å². The quantitative estimate of drug-likeness (QED) is 0.318. The Morgan fingerprint density at radius 1 is 0.741 bits per heavy atom. The Kier molecular flexibility index (Phi) is 6.26. The van der Waals surface area contributed by atoms with E-state index >= 15 is 0 Å². The van der Waals surface area contributed by atoms with Crippen LogP contribution in [0.4, 0.5) is 5.69 Å². The molecule has 0 fully saturated rings. The van der Waals surface area contributed by atoms with Crippen LogP contribution in [0.15, 0.2) is 102 Å². The van der Waals surface area contributed by atoms with Gasteiger partial charge in [0.15, 0.2) is 0 Å². The maximum absolute atomic E-state index is 6.00. The van der Waals surface area contributed by atoms with Crippen molar-refractivity contribution < 1.29 is 14.2 Å². The number of benzene rings is 3. The predicted molar refractivity (Wildman–Crippen MR) is 108 cm³/mol. The number of rotatable bonds is 6. The van der Waals surface area contributed by atoms with Gasteiger partial charge in [0.1, 0.15) is 17.2 Å². The van der Waals surface area contributed by atoms with Gasteiger partial charge in [-0.25, -0.2) is 4.99 Å². The Labute approximate surface area is 159 Å². The van der Waals surface area contributed by atoms with Crippen molar-refractivity contribution >= 4 is 11.6 Å². The highest BCUT2D eigenvalue weighted by Gasteiger charge is 2.08. The maximum atomic E-state index is 6.00. The third kappa shape index (κ3) is 5.47. The van der Waals surface area contributed by atoms with Crippen LogP contribution in [-0.2, 0) is 0 Å². The molecule has 0 aliphatic heterocycles. The van der Waals surface area contributed by atoms with E-state index in [-0.39, 0.29) is 0 Å².